The number of aromatic hydroxyl groups is 1. The van der Waals surface area contributed by atoms with E-state index in [1.807, 2.05) is 13.0 Å². The highest BCUT2D eigenvalue weighted by atomic mass is 16.5. The summed E-state index contributed by atoms with van der Waals surface area (Å²) in [5.74, 6) is 0.100. The van der Waals surface area contributed by atoms with Crippen molar-refractivity contribution in [3.05, 3.63) is 63.6 Å². The van der Waals surface area contributed by atoms with Crippen LogP contribution in [0.2, 0.25) is 0 Å². The number of rotatable bonds is 9. The standard InChI is InChI=1S/C26H35NO5/c1-5-17(2)14-19(4)15-18(3)8-6-7-9-22(28)23-24(29)21(16-27(31)25(23)30)26-12-10-20(32-26)11-13-26/h6-9,15-17,19-20,29,31H,5,10-14H2,1-4H3/b8-6+,9-7+,18-15+. The molecule has 2 atom stereocenters. The van der Waals surface area contributed by atoms with Crippen LogP contribution in [0.25, 0.3) is 0 Å². The van der Waals surface area contributed by atoms with Gasteiger partial charge in [0.25, 0.3) is 5.56 Å². The average molecular weight is 442 g/mol. The molecule has 2 bridgehead atoms. The number of carbonyl (C=O) groups is 1. The lowest BCUT2D eigenvalue weighted by Crippen LogP contribution is -2.30. The summed E-state index contributed by atoms with van der Waals surface area (Å²) in [6.07, 6.45) is 15.3. The quantitative estimate of drug-likeness (QED) is 0.236. The van der Waals surface area contributed by atoms with Crippen LogP contribution in [-0.2, 0) is 10.3 Å². The molecule has 6 heteroatoms. The van der Waals surface area contributed by atoms with E-state index in [2.05, 4.69) is 26.8 Å². The van der Waals surface area contributed by atoms with Gasteiger partial charge in [-0.3, -0.25) is 9.59 Å². The lowest BCUT2D eigenvalue weighted by molar-refractivity contribution is 0.00629. The molecule has 174 valence electrons. The zero-order valence-corrected chi connectivity index (χ0v) is 19.5. The second-order valence-corrected chi connectivity index (χ2v) is 9.45. The minimum Gasteiger partial charge on any atom is -0.506 e. The molecule has 1 aromatic heterocycles. The normalized spacial score (nSPS) is 25.1. The lowest BCUT2D eigenvalue weighted by atomic mass is 9.82. The number of aromatic nitrogens is 1. The van der Waals surface area contributed by atoms with E-state index in [0.29, 0.717) is 35.0 Å². The molecule has 2 saturated heterocycles. The zero-order chi connectivity index (χ0) is 23.5. The molecule has 0 radical (unpaired) electrons. The second-order valence-electron chi connectivity index (χ2n) is 9.45. The van der Waals surface area contributed by atoms with Gasteiger partial charge in [0.1, 0.15) is 11.3 Å². The van der Waals surface area contributed by atoms with Gasteiger partial charge in [-0.05, 0) is 56.9 Å². The summed E-state index contributed by atoms with van der Waals surface area (Å²) in [6.45, 7) is 8.64. The fourth-order valence-corrected chi connectivity index (χ4v) is 4.90. The van der Waals surface area contributed by atoms with E-state index in [1.165, 1.54) is 12.3 Å². The summed E-state index contributed by atoms with van der Waals surface area (Å²) in [5, 5.41) is 20.9. The van der Waals surface area contributed by atoms with E-state index < -0.39 is 28.3 Å². The Labute approximate surface area is 189 Å². The number of hydrogen-bond donors (Lipinski definition) is 2. The molecular weight excluding hydrogens is 406 g/mol. The summed E-state index contributed by atoms with van der Waals surface area (Å²) < 4.78 is 6.39. The van der Waals surface area contributed by atoms with Gasteiger partial charge in [-0.2, -0.15) is 4.73 Å². The molecule has 1 aromatic rings. The molecule has 2 aliphatic rings. The molecule has 3 rings (SSSR count). The predicted molar refractivity (Wildman–Crippen MR) is 124 cm³/mol. The largest absolute Gasteiger partial charge is 0.506 e. The van der Waals surface area contributed by atoms with Crippen molar-refractivity contribution in [1.82, 2.24) is 4.73 Å². The number of ether oxygens (including phenoxy) is 1. The molecule has 32 heavy (non-hydrogen) atoms. The maximum absolute atomic E-state index is 12.7. The fourth-order valence-electron chi connectivity index (χ4n) is 4.90. The fraction of sp³-hybridized carbons (Fsp3) is 0.538. The Morgan fingerprint density at radius 2 is 1.94 bits per heavy atom. The highest BCUT2D eigenvalue weighted by Gasteiger charge is 2.49. The highest BCUT2D eigenvalue weighted by Crippen LogP contribution is 2.52. The Balaban J connectivity index is 1.76. The number of fused-ring (bicyclic) bond motifs is 2. The Bertz CT molecular complexity index is 992. The van der Waals surface area contributed by atoms with Crippen molar-refractivity contribution in [3.63, 3.8) is 0 Å². The van der Waals surface area contributed by atoms with Crippen LogP contribution in [-0.4, -0.2) is 26.9 Å². The minimum absolute atomic E-state index is 0.127. The third-order valence-corrected chi connectivity index (χ3v) is 6.77. The van der Waals surface area contributed by atoms with Gasteiger partial charge in [0, 0.05) is 5.56 Å². The average Bonchev–Trinajstić information content (AvgIpc) is 3.36. The van der Waals surface area contributed by atoms with Crippen molar-refractivity contribution in [1.29, 1.82) is 0 Å². The number of nitrogens with zero attached hydrogens (tertiary/aromatic N) is 1. The number of hydrogen-bond acceptors (Lipinski definition) is 5. The van der Waals surface area contributed by atoms with Crippen LogP contribution in [0.1, 0.15) is 82.1 Å². The number of ketones is 1. The molecule has 0 aliphatic carbocycles. The Hall–Kier alpha value is -2.60. The molecule has 0 spiro atoms. The molecule has 2 fully saturated rings. The summed E-state index contributed by atoms with van der Waals surface area (Å²) in [5.41, 5.74) is -0.713. The minimum atomic E-state index is -0.941. The van der Waals surface area contributed by atoms with Crippen molar-refractivity contribution < 1.29 is 19.8 Å². The van der Waals surface area contributed by atoms with Crippen molar-refractivity contribution in [2.45, 2.75) is 77.9 Å². The van der Waals surface area contributed by atoms with Crippen LogP contribution in [0.5, 0.6) is 5.75 Å². The van der Waals surface area contributed by atoms with E-state index in [0.717, 1.165) is 31.3 Å². The van der Waals surface area contributed by atoms with Crippen LogP contribution < -0.4 is 5.56 Å². The summed E-state index contributed by atoms with van der Waals surface area (Å²) in [4.78, 5) is 25.1. The van der Waals surface area contributed by atoms with Gasteiger partial charge in [0.05, 0.1) is 17.9 Å². The first-order chi connectivity index (χ1) is 15.2. The maximum Gasteiger partial charge on any atom is 0.297 e. The Morgan fingerprint density at radius 3 is 2.53 bits per heavy atom. The predicted octanol–water partition coefficient (Wildman–Crippen LogP) is 5.27. The third-order valence-electron chi connectivity index (χ3n) is 6.77. The smallest absolute Gasteiger partial charge is 0.297 e. The van der Waals surface area contributed by atoms with Crippen LogP contribution in [0.4, 0.5) is 0 Å². The number of allylic oxidation sites excluding steroid dienone is 6. The van der Waals surface area contributed by atoms with Crippen molar-refractivity contribution in [3.8, 4) is 5.75 Å². The monoisotopic (exact) mass is 441 g/mol. The summed E-state index contributed by atoms with van der Waals surface area (Å²) >= 11 is 0. The summed E-state index contributed by atoms with van der Waals surface area (Å²) in [6, 6.07) is 0. The van der Waals surface area contributed by atoms with Gasteiger partial charge < -0.3 is 15.1 Å². The first kappa shape index (κ1) is 24.1. The Morgan fingerprint density at radius 1 is 1.28 bits per heavy atom. The van der Waals surface area contributed by atoms with Crippen LogP contribution >= 0.6 is 0 Å². The van der Waals surface area contributed by atoms with Crippen LogP contribution in [0, 0.1) is 11.8 Å². The van der Waals surface area contributed by atoms with Gasteiger partial charge in [-0.15, -0.1) is 0 Å². The molecule has 0 aromatic carbocycles. The zero-order valence-electron chi connectivity index (χ0n) is 19.5. The van der Waals surface area contributed by atoms with E-state index in [4.69, 9.17) is 4.74 Å². The van der Waals surface area contributed by atoms with E-state index in [9.17, 15) is 19.9 Å². The number of carbonyl (C=O) groups excluding carboxylic acids is 1. The molecule has 2 N–H and O–H groups in total. The molecule has 0 amide bonds. The molecule has 0 saturated carbocycles. The Kier molecular flexibility index (Phi) is 7.44. The molecule has 2 aliphatic heterocycles. The van der Waals surface area contributed by atoms with Gasteiger partial charge in [0.15, 0.2) is 5.78 Å². The van der Waals surface area contributed by atoms with Gasteiger partial charge in [-0.25, -0.2) is 0 Å². The molecule has 2 unspecified atom stereocenters. The second kappa shape index (κ2) is 9.90. The van der Waals surface area contributed by atoms with Crippen molar-refractivity contribution >= 4 is 5.78 Å². The van der Waals surface area contributed by atoms with E-state index in [-0.39, 0.29) is 6.10 Å². The maximum atomic E-state index is 12.7. The molecule has 3 heterocycles. The first-order valence-corrected chi connectivity index (χ1v) is 11.6. The SMILES string of the molecule is CCC(C)CC(C)/C=C(C)/C=C/C=C/C(=O)c1c(O)c(C23CCC(CC2)O3)cn(O)c1=O. The van der Waals surface area contributed by atoms with Crippen LogP contribution in [0.15, 0.2) is 46.9 Å². The van der Waals surface area contributed by atoms with Gasteiger partial charge in [-0.1, -0.05) is 57.1 Å². The topological polar surface area (TPSA) is 88.8 Å². The molecule has 6 nitrogen and oxygen atoms in total. The van der Waals surface area contributed by atoms with E-state index in [1.54, 1.807) is 12.2 Å². The van der Waals surface area contributed by atoms with Crippen LogP contribution in [0.3, 0.4) is 0 Å². The number of pyridine rings is 1. The summed E-state index contributed by atoms with van der Waals surface area (Å²) in [7, 11) is 0. The van der Waals surface area contributed by atoms with Gasteiger partial charge in [0.2, 0.25) is 0 Å². The lowest BCUT2D eigenvalue weighted by Gasteiger charge is -2.26. The third kappa shape index (κ3) is 5.07. The van der Waals surface area contributed by atoms with Crippen molar-refractivity contribution in [2.24, 2.45) is 11.8 Å². The first-order valence-electron chi connectivity index (χ1n) is 11.6. The van der Waals surface area contributed by atoms with E-state index >= 15 is 0 Å². The molecular formula is C26H35NO5. The van der Waals surface area contributed by atoms with Gasteiger partial charge >= 0.3 is 0 Å². The van der Waals surface area contributed by atoms with Crippen molar-refractivity contribution in [2.75, 3.05) is 0 Å². The highest BCUT2D eigenvalue weighted by molar-refractivity contribution is 6.06.